The molecule has 0 saturated carbocycles. The van der Waals surface area contributed by atoms with Crippen LogP contribution >= 0.6 is 0 Å². The molecule has 1 unspecified atom stereocenters. The van der Waals surface area contributed by atoms with Crippen molar-refractivity contribution in [2.24, 2.45) is 0 Å². The minimum atomic E-state index is -3.26. The number of anilines is 1. The molecule has 124 valence electrons. The highest BCUT2D eigenvalue weighted by atomic mass is 32.2. The van der Waals surface area contributed by atoms with Crippen molar-refractivity contribution in [1.82, 2.24) is 14.3 Å². The number of ether oxygens (including phenoxy) is 1. The van der Waals surface area contributed by atoms with Crippen LogP contribution in [-0.4, -0.2) is 55.8 Å². The van der Waals surface area contributed by atoms with Gasteiger partial charge in [-0.3, -0.25) is 0 Å². The Morgan fingerprint density at radius 1 is 1.41 bits per heavy atom. The van der Waals surface area contributed by atoms with Crippen molar-refractivity contribution in [3.05, 3.63) is 17.6 Å². The molecule has 8 heteroatoms. The normalized spacial score (nSPS) is 20.0. The predicted octanol–water partition coefficient (Wildman–Crippen LogP) is 1.33. The van der Waals surface area contributed by atoms with Crippen LogP contribution in [0.3, 0.4) is 0 Å². The average Bonchev–Trinajstić information content (AvgIpc) is 2.46. The third-order valence-corrected chi connectivity index (χ3v) is 4.95. The van der Waals surface area contributed by atoms with Gasteiger partial charge >= 0.3 is 0 Å². The predicted molar refractivity (Wildman–Crippen MR) is 85.3 cm³/mol. The fourth-order valence-electron chi connectivity index (χ4n) is 2.67. The number of sulfonamides is 1. The summed E-state index contributed by atoms with van der Waals surface area (Å²) in [5, 5.41) is 3.18. The summed E-state index contributed by atoms with van der Waals surface area (Å²) in [5.41, 5.74) is 0.823. The highest BCUT2D eigenvalue weighted by Gasteiger charge is 2.32. The van der Waals surface area contributed by atoms with Crippen LogP contribution in [0.2, 0.25) is 0 Å². The molecule has 1 atom stereocenters. The molecule has 7 nitrogen and oxygen atoms in total. The fourth-order valence-corrected chi connectivity index (χ4v) is 3.79. The van der Waals surface area contributed by atoms with Gasteiger partial charge in [-0.1, -0.05) is 6.42 Å². The number of rotatable bonds is 6. The number of hydrogen-bond donors (Lipinski definition) is 1. The smallest absolute Gasteiger partial charge is 0.211 e. The van der Waals surface area contributed by atoms with Gasteiger partial charge in [0.1, 0.15) is 11.6 Å². The van der Waals surface area contributed by atoms with Gasteiger partial charge < -0.3 is 10.1 Å². The topological polar surface area (TPSA) is 84.4 Å². The van der Waals surface area contributed by atoms with E-state index >= 15 is 0 Å². The van der Waals surface area contributed by atoms with E-state index in [9.17, 15) is 8.42 Å². The number of nitrogens with zero attached hydrogens (tertiary/aromatic N) is 3. The molecule has 1 fully saturated rings. The lowest BCUT2D eigenvalue weighted by Gasteiger charge is -2.32. The van der Waals surface area contributed by atoms with Crippen LogP contribution in [0.1, 0.15) is 36.8 Å². The zero-order valence-electron chi connectivity index (χ0n) is 13.4. The van der Waals surface area contributed by atoms with Crippen LogP contribution < -0.4 is 5.32 Å². The SMILES string of the molecule is COCCNc1cc(C)nc(C2CCCCN2S(C)(=O)=O)n1. The molecule has 0 amide bonds. The maximum Gasteiger partial charge on any atom is 0.211 e. The molecule has 1 aliphatic rings. The van der Waals surface area contributed by atoms with E-state index in [4.69, 9.17) is 4.74 Å². The van der Waals surface area contributed by atoms with Crippen molar-refractivity contribution in [3.8, 4) is 0 Å². The van der Waals surface area contributed by atoms with Gasteiger partial charge in [0.2, 0.25) is 10.0 Å². The zero-order chi connectivity index (χ0) is 16.2. The number of methoxy groups -OCH3 is 1. The Labute approximate surface area is 132 Å². The average molecular weight is 328 g/mol. The Kier molecular flexibility index (Phi) is 5.71. The van der Waals surface area contributed by atoms with E-state index in [0.717, 1.165) is 25.0 Å². The van der Waals surface area contributed by atoms with Crippen molar-refractivity contribution in [2.75, 3.05) is 38.4 Å². The maximum absolute atomic E-state index is 12.0. The summed E-state index contributed by atoms with van der Waals surface area (Å²) in [5.74, 6) is 1.28. The van der Waals surface area contributed by atoms with E-state index in [1.165, 1.54) is 10.6 Å². The van der Waals surface area contributed by atoms with Gasteiger partial charge in [-0.25, -0.2) is 18.4 Å². The molecular formula is C14H24N4O3S. The van der Waals surface area contributed by atoms with Gasteiger partial charge in [-0.05, 0) is 19.8 Å². The Morgan fingerprint density at radius 2 is 2.18 bits per heavy atom. The number of aromatic nitrogens is 2. The van der Waals surface area contributed by atoms with Crippen LogP contribution in [0.5, 0.6) is 0 Å². The first-order valence-electron chi connectivity index (χ1n) is 7.47. The molecule has 0 aromatic carbocycles. The van der Waals surface area contributed by atoms with Crippen molar-refractivity contribution < 1.29 is 13.2 Å². The lowest BCUT2D eigenvalue weighted by molar-refractivity contribution is 0.210. The second-order valence-electron chi connectivity index (χ2n) is 5.56. The second-order valence-corrected chi connectivity index (χ2v) is 7.49. The molecule has 22 heavy (non-hydrogen) atoms. The van der Waals surface area contributed by atoms with E-state index in [0.29, 0.717) is 31.3 Å². The highest BCUT2D eigenvalue weighted by Crippen LogP contribution is 2.31. The summed E-state index contributed by atoms with van der Waals surface area (Å²) in [6.45, 7) is 3.65. The minimum Gasteiger partial charge on any atom is -0.383 e. The first kappa shape index (κ1) is 17.1. The third kappa shape index (κ3) is 4.37. The van der Waals surface area contributed by atoms with Crippen LogP contribution in [0.25, 0.3) is 0 Å². The van der Waals surface area contributed by atoms with Crippen molar-refractivity contribution in [2.45, 2.75) is 32.2 Å². The molecule has 1 aromatic heterocycles. The Hall–Kier alpha value is -1.25. The van der Waals surface area contributed by atoms with Crippen molar-refractivity contribution in [3.63, 3.8) is 0 Å². The summed E-state index contributed by atoms with van der Waals surface area (Å²) in [4.78, 5) is 8.97. The first-order valence-corrected chi connectivity index (χ1v) is 9.32. The quantitative estimate of drug-likeness (QED) is 0.793. The Bertz CT molecular complexity index is 606. The monoisotopic (exact) mass is 328 g/mol. The van der Waals surface area contributed by atoms with Gasteiger partial charge in [0, 0.05) is 32.0 Å². The highest BCUT2D eigenvalue weighted by molar-refractivity contribution is 7.88. The van der Waals surface area contributed by atoms with Gasteiger partial charge in [0.15, 0.2) is 0 Å². The van der Waals surface area contributed by atoms with E-state index in [1.807, 2.05) is 13.0 Å². The standard InChI is InChI=1S/C14H24N4O3S/c1-11-10-13(15-7-9-21-2)17-14(16-11)12-6-4-5-8-18(12)22(3,19)20/h10,12H,4-9H2,1-3H3,(H,15,16,17). The molecule has 2 heterocycles. The van der Waals surface area contributed by atoms with Crippen LogP contribution in [0, 0.1) is 6.92 Å². The Balaban J connectivity index is 2.25. The second kappa shape index (κ2) is 7.34. The molecule has 0 bridgehead atoms. The lowest BCUT2D eigenvalue weighted by Crippen LogP contribution is -2.38. The molecule has 0 radical (unpaired) electrons. The summed E-state index contributed by atoms with van der Waals surface area (Å²) >= 11 is 0. The number of nitrogens with one attached hydrogen (secondary N) is 1. The van der Waals surface area contributed by atoms with E-state index in [1.54, 1.807) is 7.11 Å². The minimum absolute atomic E-state index is 0.272. The Morgan fingerprint density at radius 3 is 2.86 bits per heavy atom. The maximum atomic E-state index is 12.0. The number of aryl methyl sites for hydroxylation is 1. The summed E-state index contributed by atoms with van der Waals surface area (Å²) in [6, 6.07) is 1.58. The van der Waals surface area contributed by atoms with Gasteiger partial charge in [0.05, 0.1) is 18.9 Å². The summed E-state index contributed by atoms with van der Waals surface area (Å²) in [6.07, 6.45) is 3.88. The molecule has 2 rings (SSSR count). The first-order chi connectivity index (χ1) is 10.4. The number of piperidine rings is 1. The summed E-state index contributed by atoms with van der Waals surface area (Å²) in [7, 11) is -1.61. The largest absolute Gasteiger partial charge is 0.383 e. The molecule has 1 aromatic rings. The van der Waals surface area contributed by atoms with Crippen LogP contribution in [0.4, 0.5) is 5.82 Å². The molecule has 0 aliphatic carbocycles. The van der Waals surface area contributed by atoms with E-state index in [2.05, 4.69) is 15.3 Å². The lowest BCUT2D eigenvalue weighted by atomic mass is 10.0. The molecule has 1 N–H and O–H groups in total. The molecule has 1 saturated heterocycles. The van der Waals surface area contributed by atoms with Gasteiger partial charge in [0.25, 0.3) is 0 Å². The van der Waals surface area contributed by atoms with Crippen LogP contribution in [0.15, 0.2) is 6.07 Å². The van der Waals surface area contributed by atoms with E-state index < -0.39 is 10.0 Å². The van der Waals surface area contributed by atoms with Crippen molar-refractivity contribution >= 4 is 15.8 Å². The third-order valence-electron chi connectivity index (χ3n) is 3.66. The summed E-state index contributed by atoms with van der Waals surface area (Å²) < 4.78 is 30.5. The molecular weight excluding hydrogens is 304 g/mol. The number of hydrogen-bond acceptors (Lipinski definition) is 6. The fraction of sp³-hybridized carbons (Fsp3) is 0.714. The molecule has 0 spiro atoms. The van der Waals surface area contributed by atoms with Gasteiger partial charge in [-0.2, -0.15) is 4.31 Å². The van der Waals surface area contributed by atoms with Crippen LogP contribution in [-0.2, 0) is 14.8 Å². The zero-order valence-corrected chi connectivity index (χ0v) is 14.2. The molecule has 1 aliphatic heterocycles. The van der Waals surface area contributed by atoms with Crippen molar-refractivity contribution in [1.29, 1.82) is 0 Å². The van der Waals surface area contributed by atoms with Gasteiger partial charge in [-0.15, -0.1) is 0 Å². The van der Waals surface area contributed by atoms with E-state index in [-0.39, 0.29) is 6.04 Å².